The Kier molecular flexibility index (Phi) is 5.22. The highest BCUT2D eigenvalue weighted by Crippen LogP contribution is 2.20. The third-order valence-corrected chi connectivity index (χ3v) is 4.40. The maximum Gasteiger partial charge on any atom is 0.261 e. The summed E-state index contributed by atoms with van der Waals surface area (Å²) in [4.78, 5) is 2.05. The summed E-state index contributed by atoms with van der Waals surface area (Å²) in [5.74, 6) is 0. The van der Waals surface area contributed by atoms with Gasteiger partial charge in [0.25, 0.3) is 9.05 Å². The molecule has 4 nitrogen and oxygen atoms in total. The highest BCUT2D eigenvalue weighted by Gasteiger charge is 2.12. The fraction of sp³-hybridized carbons (Fsp3) is 0.200. The second kappa shape index (κ2) is 6.93. The minimum Gasteiger partial charge on any atom is -0.395 e. The Hall–Kier alpha value is -1.56. The Balaban J connectivity index is 2.26. The Bertz CT molecular complexity index is 689. The summed E-state index contributed by atoms with van der Waals surface area (Å²) in [6, 6.07) is 16.1. The van der Waals surface area contributed by atoms with Crippen molar-refractivity contribution in [1.82, 2.24) is 0 Å². The van der Waals surface area contributed by atoms with Gasteiger partial charge in [0.1, 0.15) is 0 Å². The van der Waals surface area contributed by atoms with Crippen molar-refractivity contribution >= 4 is 25.4 Å². The summed E-state index contributed by atoms with van der Waals surface area (Å²) < 4.78 is 22.8. The highest BCUT2D eigenvalue weighted by atomic mass is 35.7. The number of para-hydroxylation sites is 1. The molecule has 0 saturated carbocycles. The van der Waals surface area contributed by atoms with E-state index in [4.69, 9.17) is 10.7 Å². The molecular weight excluding hydrogens is 310 g/mol. The molecule has 21 heavy (non-hydrogen) atoms. The van der Waals surface area contributed by atoms with Gasteiger partial charge < -0.3 is 10.0 Å². The van der Waals surface area contributed by atoms with Crippen molar-refractivity contribution in [3.05, 3.63) is 60.2 Å². The van der Waals surface area contributed by atoms with Gasteiger partial charge in [0.2, 0.25) is 0 Å². The van der Waals surface area contributed by atoms with E-state index in [2.05, 4.69) is 0 Å². The lowest BCUT2D eigenvalue weighted by Gasteiger charge is -2.24. The van der Waals surface area contributed by atoms with Crippen LogP contribution in [0.3, 0.4) is 0 Å². The van der Waals surface area contributed by atoms with Crippen LogP contribution in [0.15, 0.2) is 59.5 Å². The van der Waals surface area contributed by atoms with Gasteiger partial charge >= 0.3 is 0 Å². The standard InChI is InChI=1S/C15H16ClNO3S/c16-21(19,20)15-8-4-5-13(11-15)12-17(9-10-18)14-6-2-1-3-7-14/h1-8,11,18H,9-10,12H2. The first-order valence-corrected chi connectivity index (χ1v) is 8.76. The first-order chi connectivity index (χ1) is 10.0. The first-order valence-electron chi connectivity index (χ1n) is 6.45. The lowest BCUT2D eigenvalue weighted by atomic mass is 10.2. The Morgan fingerprint density at radius 3 is 2.38 bits per heavy atom. The van der Waals surface area contributed by atoms with Crippen molar-refractivity contribution in [2.75, 3.05) is 18.1 Å². The van der Waals surface area contributed by atoms with Crippen LogP contribution in [0.25, 0.3) is 0 Å². The van der Waals surface area contributed by atoms with Gasteiger partial charge in [-0.2, -0.15) is 0 Å². The van der Waals surface area contributed by atoms with Gasteiger partial charge in [-0.1, -0.05) is 30.3 Å². The molecule has 0 aliphatic heterocycles. The SMILES string of the molecule is O=S(=O)(Cl)c1cccc(CN(CCO)c2ccccc2)c1. The van der Waals surface area contributed by atoms with Crippen LogP contribution in [0.4, 0.5) is 5.69 Å². The molecule has 2 rings (SSSR count). The van der Waals surface area contributed by atoms with E-state index in [1.54, 1.807) is 12.1 Å². The number of hydrogen-bond acceptors (Lipinski definition) is 4. The van der Waals surface area contributed by atoms with Crippen LogP contribution in [0.2, 0.25) is 0 Å². The van der Waals surface area contributed by atoms with Crippen LogP contribution in [0.1, 0.15) is 5.56 Å². The van der Waals surface area contributed by atoms with Gasteiger partial charge in [0.15, 0.2) is 0 Å². The fourth-order valence-corrected chi connectivity index (χ4v) is 2.90. The fourth-order valence-electron chi connectivity index (χ4n) is 2.07. The van der Waals surface area contributed by atoms with Crippen LogP contribution in [-0.4, -0.2) is 26.7 Å². The van der Waals surface area contributed by atoms with E-state index in [0.29, 0.717) is 13.1 Å². The molecule has 1 N–H and O–H groups in total. The van der Waals surface area contributed by atoms with Crippen molar-refractivity contribution < 1.29 is 13.5 Å². The van der Waals surface area contributed by atoms with Crippen LogP contribution < -0.4 is 4.90 Å². The van der Waals surface area contributed by atoms with Crippen molar-refractivity contribution in [1.29, 1.82) is 0 Å². The zero-order valence-electron chi connectivity index (χ0n) is 11.3. The van der Waals surface area contributed by atoms with E-state index in [0.717, 1.165) is 11.3 Å². The number of nitrogens with zero attached hydrogens (tertiary/aromatic N) is 1. The molecule has 0 aromatic heterocycles. The molecule has 0 saturated heterocycles. The molecule has 0 amide bonds. The average molecular weight is 326 g/mol. The van der Waals surface area contributed by atoms with Gasteiger partial charge in [-0.15, -0.1) is 0 Å². The number of aliphatic hydroxyl groups is 1. The average Bonchev–Trinajstić information content (AvgIpc) is 2.47. The molecule has 0 radical (unpaired) electrons. The lowest BCUT2D eigenvalue weighted by Crippen LogP contribution is -2.26. The van der Waals surface area contributed by atoms with Crippen molar-refractivity contribution in [2.24, 2.45) is 0 Å². The van der Waals surface area contributed by atoms with Crippen molar-refractivity contribution in [3.63, 3.8) is 0 Å². The van der Waals surface area contributed by atoms with Crippen LogP contribution in [-0.2, 0) is 15.6 Å². The number of halogens is 1. The molecule has 0 heterocycles. The monoisotopic (exact) mass is 325 g/mol. The topological polar surface area (TPSA) is 57.6 Å². The van der Waals surface area contributed by atoms with E-state index in [1.807, 2.05) is 41.3 Å². The quantitative estimate of drug-likeness (QED) is 0.829. The molecule has 0 bridgehead atoms. The molecule has 0 aliphatic carbocycles. The Morgan fingerprint density at radius 1 is 1.05 bits per heavy atom. The van der Waals surface area contributed by atoms with E-state index in [-0.39, 0.29) is 11.5 Å². The number of anilines is 1. The van der Waals surface area contributed by atoms with Gasteiger partial charge in [0, 0.05) is 29.5 Å². The molecule has 2 aromatic rings. The summed E-state index contributed by atoms with van der Waals surface area (Å²) in [6.45, 7) is 0.967. The van der Waals surface area contributed by atoms with Crippen molar-refractivity contribution in [3.8, 4) is 0 Å². The minimum atomic E-state index is -3.73. The molecule has 112 valence electrons. The Labute approximate surface area is 129 Å². The molecule has 0 atom stereocenters. The third-order valence-electron chi connectivity index (χ3n) is 3.04. The summed E-state index contributed by atoms with van der Waals surface area (Å²) >= 11 is 0. The van der Waals surface area contributed by atoms with Crippen LogP contribution in [0, 0.1) is 0 Å². The zero-order valence-corrected chi connectivity index (χ0v) is 12.9. The molecular formula is C15H16ClNO3S. The largest absolute Gasteiger partial charge is 0.395 e. The van der Waals surface area contributed by atoms with E-state index >= 15 is 0 Å². The lowest BCUT2D eigenvalue weighted by molar-refractivity contribution is 0.301. The smallest absolute Gasteiger partial charge is 0.261 e. The van der Waals surface area contributed by atoms with E-state index in [1.165, 1.54) is 6.07 Å². The third kappa shape index (κ3) is 4.46. The molecule has 0 unspecified atom stereocenters. The van der Waals surface area contributed by atoms with Crippen LogP contribution >= 0.6 is 10.7 Å². The van der Waals surface area contributed by atoms with Crippen LogP contribution in [0.5, 0.6) is 0 Å². The summed E-state index contributed by atoms with van der Waals surface area (Å²) in [5.41, 5.74) is 1.78. The predicted molar refractivity (Wildman–Crippen MR) is 84.1 cm³/mol. The zero-order chi connectivity index (χ0) is 15.3. The predicted octanol–water partition coefficient (Wildman–Crippen LogP) is 2.61. The molecule has 0 aliphatic rings. The minimum absolute atomic E-state index is 0.0163. The highest BCUT2D eigenvalue weighted by molar-refractivity contribution is 8.13. The maximum atomic E-state index is 11.4. The number of benzene rings is 2. The number of aliphatic hydroxyl groups excluding tert-OH is 1. The molecule has 2 aromatic carbocycles. The molecule has 0 spiro atoms. The summed E-state index contributed by atoms with van der Waals surface area (Å²) in [5, 5.41) is 9.20. The van der Waals surface area contributed by atoms with Gasteiger partial charge in [-0.05, 0) is 29.8 Å². The Morgan fingerprint density at radius 2 is 1.76 bits per heavy atom. The second-order valence-electron chi connectivity index (χ2n) is 4.57. The summed E-state index contributed by atoms with van der Waals surface area (Å²) in [6.07, 6.45) is 0. The summed E-state index contributed by atoms with van der Waals surface area (Å²) in [7, 11) is 1.63. The molecule has 6 heteroatoms. The van der Waals surface area contributed by atoms with E-state index in [9.17, 15) is 13.5 Å². The number of rotatable bonds is 6. The first kappa shape index (κ1) is 15.8. The van der Waals surface area contributed by atoms with Crippen molar-refractivity contribution in [2.45, 2.75) is 11.4 Å². The van der Waals surface area contributed by atoms with E-state index < -0.39 is 9.05 Å². The molecule has 0 fully saturated rings. The number of hydrogen-bond donors (Lipinski definition) is 1. The van der Waals surface area contributed by atoms with Gasteiger partial charge in [-0.25, -0.2) is 8.42 Å². The second-order valence-corrected chi connectivity index (χ2v) is 7.13. The normalized spacial score (nSPS) is 11.3. The van der Waals surface area contributed by atoms with Gasteiger partial charge in [-0.3, -0.25) is 0 Å². The van der Waals surface area contributed by atoms with Gasteiger partial charge in [0.05, 0.1) is 11.5 Å². The maximum absolute atomic E-state index is 11.4.